The van der Waals surface area contributed by atoms with Crippen LogP contribution in [0.3, 0.4) is 0 Å². The van der Waals surface area contributed by atoms with Gasteiger partial charge in [0.15, 0.2) is 0 Å². The molecule has 0 saturated heterocycles. The molecule has 0 atom stereocenters. The highest BCUT2D eigenvalue weighted by atomic mass is 127. The first-order valence-corrected chi connectivity index (χ1v) is 6.26. The second-order valence-electron chi connectivity index (χ2n) is 2.01. The predicted octanol–water partition coefficient (Wildman–Crippen LogP) is 0.757. The molecule has 0 saturated carbocycles. The average Bonchev–Trinajstić information content (AvgIpc) is 2.27. The fraction of sp³-hybridized carbons (Fsp3) is 0.143. The van der Waals surface area contributed by atoms with Crippen LogP contribution in [0.1, 0.15) is 5.01 Å². The molecule has 0 unspecified atom stereocenters. The molecule has 0 bridgehead atoms. The van der Waals surface area contributed by atoms with Crippen molar-refractivity contribution < 1.29 is 0 Å². The van der Waals surface area contributed by atoms with Crippen LogP contribution in [0.2, 0.25) is 0 Å². The normalized spacial score (nSPS) is 14.5. The third-order valence-corrected chi connectivity index (χ3v) is 3.92. The van der Waals surface area contributed by atoms with Gasteiger partial charge >= 0.3 is 0 Å². The van der Waals surface area contributed by atoms with Crippen LogP contribution >= 0.6 is 32.1 Å². The Bertz CT molecular complexity index is 353. The molecular formula is C7H6INS. The molecule has 52 valence electrons. The maximum Gasteiger partial charge on any atom is 0.0907 e. The van der Waals surface area contributed by atoms with Gasteiger partial charge in [-0.2, -0.15) is 0 Å². The van der Waals surface area contributed by atoms with Crippen LogP contribution in [0.4, 0.5) is 0 Å². The van der Waals surface area contributed by atoms with E-state index in [2.05, 4.69) is 26.1 Å². The van der Waals surface area contributed by atoms with Gasteiger partial charge in [0.2, 0.25) is 0 Å². The lowest BCUT2D eigenvalue weighted by atomic mass is 10.6. The Morgan fingerprint density at radius 2 is 2.50 bits per heavy atom. The monoisotopic (exact) mass is 263 g/mol. The van der Waals surface area contributed by atoms with Crippen LogP contribution in [0.15, 0.2) is 0 Å². The van der Waals surface area contributed by atoms with Crippen LogP contribution in [-0.2, 0) is 0 Å². The number of fused-ring (bicyclic) bond motifs is 1. The topological polar surface area (TPSA) is 12.9 Å². The smallest absolute Gasteiger partial charge is 0.0907 e. The van der Waals surface area contributed by atoms with E-state index in [0.717, 1.165) is 0 Å². The lowest BCUT2D eigenvalue weighted by molar-refractivity contribution is 1.24. The number of halogens is 1. The van der Waals surface area contributed by atoms with E-state index >= 15 is 0 Å². The van der Waals surface area contributed by atoms with Crippen molar-refractivity contribution in [1.82, 2.24) is 4.98 Å². The highest BCUT2D eigenvalue weighted by molar-refractivity contribution is 14.2. The summed E-state index contributed by atoms with van der Waals surface area (Å²) >= 11 is 1.96. The van der Waals surface area contributed by atoms with Crippen LogP contribution < -0.4 is 9.88 Å². The Labute approximate surface area is 72.9 Å². The van der Waals surface area contributed by atoms with Gasteiger partial charge in [0, 0.05) is 0 Å². The molecule has 0 spiro atoms. The third kappa shape index (κ3) is 1.08. The van der Waals surface area contributed by atoms with Gasteiger partial charge < -0.3 is 0 Å². The highest BCUT2D eigenvalue weighted by Crippen LogP contribution is 2.00. The third-order valence-electron chi connectivity index (χ3n) is 1.24. The molecule has 1 aliphatic rings. The molecule has 0 aliphatic carbocycles. The molecule has 1 aliphatic heterocycles. The van der Waals surface area contributed by atoms with Gasteiger partial charge in [0.05, 0.1) is 14.9 Å². The van der Waals surface area contributed by atoms with Crippen molar-refractivity contribution in [3.63, 3.8) is 0 Å². The summed E-state index contributed by atoms with van der Waals surface area (Å²) in [6.07, 6.45) is 2.20. The zero-order valence-corrected chi connectivity index (χ0v) is 8.44. The minimum atomic E-state index is 0.178. The summed E-state index contributed by atoms with van der Waals surface area (Å²) in [6, 6.07) is 0. The predicted molar refractivity (Wildman–Crippen MR) is 55.1 cm³/mol. The lowest BCUT2D eigenvalue weighted by Gasteiger charge is -1.79. The summed E-state index contributed by atoms with van der Waals surface area (Å²) in [5.74, 6) is 0. The molecule has 0 N–H and O–H groups in total. The van der Waals surface area contributed by atoms with Gasteiger partial charge in [-0.05, 0) is 21.1 Å². The number of hydrogen-bond acceptors (Lipinski definition) is 2. The van der Waals surface area contributed by atoms with Crippen molar-refractivity contribution in [3.05, 3.63) is 14.9 Å². The average molecular weight is 263 g/mol. The Kier molecular flexibility index (Phi) is 1.69. The number of aromatic nitrogens is 1. The number of hydrogen-bond donors (Lipinski definition) is 0. The maximum atomic E-state index is 4.39. The Hall–Kier alpha value is -0.0300. The quantitative estimate of drug-likeness (QED) is 0.630. The van der Waals surface area contributed by atoms with Crippen molar-refractivity contribution >= 4 is 46.2 Å². The van der Waals surface area contributed by atoms with Crippen LogP contribution in [0.5, 0.6) is 0 Å². The zero-order chi connectivity index (χ0) is 6.97. The van der Waals surface area contributed by atoms with E-state index in [9.17, 15) is 0 Å². The molecule has 2 heterocycles. The van der Waals surface area contributed by atoms with Crippen molar-refractivity contribution in [2.75, 3.05) is 0 Å². The molecular weight excluding hydrogens is 257 g/mol. The van der Waals surface area contributed by atoms with E-state index in [4.69, 9.17) is 0 Å². The minimum Gasteiger partial charge on any atom is -0.241 e. The van der Waals surface area contributed by atoms with E-state index < -0.39 is 0 Å². The summed E-state index contributed by atoms with van der Waals surface area (Å²) in [6.45, 7) is 2.06. The van der Waals surface area contributed by atoms with Gasteiger partial charge in [0.1, 0.15) is 0 Å². The Morgan fingerprint density at radius 3 is 3.30 bits per heavy atom. The fourth-order valence-corrected chi connectivity index (χ4v) is 3.70. The summed E-state index contributed by atoms with van der Waals surface area (Å²) in [5.41, 5.74) is 0. The van der Waals surface area contributed by atoms with Crippen molar-refractivity contribution in [2.45, 2.75) is 6.92 Å². The summed E-state index contributed by atoms with van der Waals surface area (Å²) in [7, 11) is 0. The van der Waals surface area contributed by atoms with Crippen molar-refractivity contribution in [1.29, 1.82) is 0 Å². The largest absolute Gasteiger partial charge is 0.241 e. The van der Waals surface area contributed by atoms with Gasteiger partial charge in [-0.3, -0.25) is 0 Å². The number of thiazole rings is 1. The molecule has 0 amide bonds. The highest BCUT2D eigenvalue weighted by Gasteiger charge is 1.93. The first-order valence-electron chi connectivity index (χ1n) is 2.95. The second-order valence-corrected chi connectivity index (χ2v) is 5.31. The lowest BCUT2D eigenvalue weighted by Crippen LogP contribution is -2.20. The van der Waals surface area contributed by atoms with Crippen molar-refractivity contribution in [2.24, 2.45) is 0 Å². The molecule has 3 heteroatoms. The number of aryl methyl sites for hydroxylation is 1. The first-order chi connectivity index (χ1) is 4.86. The van der Waals surface area contributed by atoms with Gasteiger partial charge in [-0.1, -0.05) is 20.7 Å². The molecule has 0 radical (unpaired) electrons. The van der Waals surface area contributed by atoms with Gasteiger partial charge in [-0.25, -0.2) is 4.98 Å². The summed E-state index contributed by atoms with van der Waals surface area (Å²) in [4.78, 5) is 4.39. The molecule has 0 aromatic carbocycles. The SMILES string of the molecule is Cc1nc2c(s1)=CC=IC=2. The molecule has 0 fully saturated rings. The van der Waals surface area contributed by atoms with Crippen LogP contribution in [0, 0.1) is 6.92 Å². The first kappa shape index (κ1) is 6.67. The molecule has 2 rings (SSSR count). The van der Waals surface area contributed by atoms with Crippen LogP contribution in [0.25, 0.3) is 10.2 Å². The Balaban J connectivity index is 2.90. The number of nitrogens with zero attached hydrogens (tertiary/aromatic N) is 1. The second kappa shape index (κ2) is 2.54. The standard InChI is InChI=1S/C7H6INS/c1-5-9-6-4-8-3-2-7(6)10-5/h2-4H,1H3. The molecule has 1 aromatic heterocycles. The zero-order valence-electron chi connectivity index (χ0n) is 5.47. The molecule has 1 nitrogen and oxygen atoms in total. The molecule has 10 heavy (non-hydrogen) atoms. The van der Waals surface area contributed by atoms with E-state index in [-0.39, 0.29) is 20.7 Å². The van der Waals surface area contributed by atoms with E-state index in [1.54, 1.807) is 11.3 Å². The van der Waals surface area contributed by atoms with Gasteiger partial charge in [-0.15, -0.1) is 11.3 Å². The van der Waals surface area contributed by atoms with E-state index in [1.165, 1.54) is 14.9 Å². The van der Waals surface area contributed by atoms with Gasteiger partial charge in [0.25, 0.3) is 0 Å². The number of rotatable bonds is 0. The molecule has 1 aromatic rings. The van der Waals surface area contributed by atoms with Crippen molar-refractivity contribution in [3.8, 4) is 0 Å². The maximum absolute atomic E-state index is 4.39. The summed E-state index contributed by atoms with van der Waals surface area (Å²) in [5, 5.41) is 2.40. The Morgan fingerprint density at radius 1 is 1.60 bits per heavy atom. The van der Waals surface area contributed by atoms with E-state index in [0.29, 0.717) is 0 Å². The minimum absolute atomic E-state index is 0.178. The fourth-order valence-electron chi connectivity index (χ4n) is 0.846. The van der Waals surface area contributed by atoms with E-state index in [1.807, 2.05) is 0 Å². The summed E-state index contributed by atoms with van der Waals surface area (Å²) < 4.78 is 5.89. The van der Waals surface area contributed by atoms with Crippen LogP contribution in [-0.4, -0.2) is 9.00 Å².